The number of thioether (sulfide) groups is 1. The largest absolute Gasteiger partial charge is 0.396 e. The number of amides is 3. The van der Waals surface area contributed by atoms with Gasteiger partial charge in [0, 0.05) is 67.3 Å². The average molecular weight is 704 g/mol. The summed E-state index contributed by atoms with van der Waals surface area (Å²) in [6.07, 6.45) is 8.12. The van der Waals surface area contributed by atoms with Crippen LogP contribution in [0.1, 0.15) is 59.3 Å². The van der Waals surface area contributed by atoms with Gasteiger partial charge in [0.15, 0.2) is 0 Å². The van der Waals surface area contributed by atoms with E-state index >= 15 is 0 Å². The Balaban J connectivity index is 1.74. The molecule has 10 heteroatoms. The molecule has 3 heterocycles. The molecule has 45 heavy (non-hydrogen) atoms. The lowest BCUT2D eigenvalue weighted by molar-refractivity contribution is -0.143. The van der Waals surface area contributed by atoms with Gasteiger partial charge in [0.25, 0.3) is 5.91 Å². The fourth-order valence-corrected chi connectivity index (χ4v) is 11.2. The number of aliphatic hydroxyl groups is 1. The van der Waals surface area contributed by atoms with Gasteiger partial charge in [-0.15, -0.1) is 24.9 Å². The van der Waals surface area contributed by atoms with Crippen molar-refractivity contribution in [3.05, 3.63) is 49.6 Å². The molecule has 1 aromatic rings. The van der Waals surface area contributed by atoms with Crippen LogP contribution in [-0.2, 0) is 14.4 Å². The van der Waals surface area contributed by atoms with Gasteiger partial charge in [-0.2, -0.15) is 0 Å². The number of hydrogen-bond acceptors (Lipinski definition) is 6. The minimum Gasteiger partial charge on any atom is -0.396 e. The SMILES string of the molecule is C=CCN(CCC)C(=O)[C@H]1[C@H]2C(=O)N(CCCCCCO)C(C(=O)N(CC=C)c3ccc(N(CC)CC)cc3)C23CC(Br)[C@@H]1S3. The van der Waals surface area contributed by atoms with E-state index in [0.29, 0.717) is 32.6 Å². The van der Waals surface area contributed by atoms with E-state index in [9.17, 15) is 19.5 Å². The monoisotopic (exact) mass is 702 g/mol. The summed E-state index contributed by atoms with van der Waals surface area (Å²) in [5.41, 5.74) is 1.87. The molecule has 0 aromatic heterocycles. The summed E-state index contributed by atoms with van der Waals surface area (Å²) < 4.78 is -0.703. The number of unbranched alkanes of at least 4 members (excludes halogenated alkanes) is 3. The maximum Gasteiger partial charge on any atom is 0.251 e. The zero-order chi connectivity index (χ0) is 32.7. The van der Waals surface area contributed by atoms with Crippen molar-refractivity contribution in [2.75, 3.05) is 55.7 Å². The molecule has 3 amide bonds. The van der Waals surface area contributed by atoms with Crippen molar-refractivity contribution in [1.82, 2.24) is 9.80 Å². The predicted octanol–water partition coefficient (Wildman–Crippen LogP) is 5.49. The number of carbonyl (C=O) groups is 3. The molecule has 1 aromatic carbocycles. The lowest BCUT2D eigenvalue weighted by atomic mass is 9.70. The molecule has 3 aliphatic rings. The maximum absolute atomic E-state index is 14.9. The van der Waals surface area contributed by atoms with Crippen molar-refractivity contribution in [3.8, 4) is 0 Å². The number of rotatable bonds is 18. The van der Waals surface area contributed by atoms with Crippen LogP contribution in [0.3, 0.4) is 0 Å². The molecule has 0 aliphatic carbocycles. The summed E-state index contributed by atoms with van der Waals surface area (Å²) in [5, 5.41) is 9.18. The summed E-state index contributed by atoms with van der Waals surface area (Å²) in [4.78, 5) is 51.3. The normalized spacial score (nSPS) is 26.6. The Morgan fingerprint density at radius 1 is 1.02 bits per heavy atom. The number of fused-ring (bicyclic) bond motifs is 1. The Hall–Kier alpha value is -2.30. The fraction of sp³-hybridized carbons (Fsp3) is 0.629. The number of alkyl halides is 1. The standard InChI is InChI=1S/C35H51BrN4O4S/c1-6-19-38(20-7-2)32(42)28-29-33(43)40(22-13-11-12-14-23-41)31(35(29)24-27(36)30(28)45-35)34(44)39(21-8-3)26-17-15-25(16-18-26)37(9-4)10-5/h6,8,15-18,27-31,41H,1,3,7,9-14,19-24H2,2,4-5H3/t27?,28-,29-,30-,31?,35?/m0/s1. The lowest BCUT2D eigenvalue weighted by Gasteiger charge is -2.38. The first-order valence-electron chi connectivity index (χ1n) is 16.6. The molecule has 1 spiro atoms. The number of anilines is 2. The molecule has 1 N–H and O–H groups in total. The summed E-state index contributed by atoms with van der Waals surface area (Å²) in [5.74, 6) is -1.25. The van der Waals surface area contributed by atoms with Crippen molar-refractivity contribution in [1.29, 1.82) is 0 Å². The van der Waals surface area contributed by atoms with E-state index in [-0.39, 0.29) is 34.4 Å². The highest BCUT2D eigenvalue weighted by molar-refractivity contribution is 9.09. The van der Waals surface area contributed by atoms with Crippen LogP contribution in [-0.4, -0.2) is 99.4 Å². The Kier molecular flexibility index (Phi) is 12.6. The number of likely N-dealkylation sites (tertiary alicyclic amines) is 1. The highest BCUT2D eigenvalue weighted by atomic mass is 79.9. The van der Waals surface area contributed by atoms with Crippen LogP contribution in [0.5, 0.6) is 0 Å². The summed E-state index contributed by atoms with van der Waals surface area (Å²) in [6.45, 7) is 17.9. The summed E-state index contributed by atoms with van der Waals surface area (Å²) in [6, 6.07) is 7.37. The first-order valence-corrected chi connectivity index (χ1v) is 18.4. The first-order chi connectivity index (χ1) is 21.7. The Morgan fingerprint density at radius 3 is 2.27 bits per heavy atom. The molecular formula is C35H51BrN4O4S. The topological polar surface area (TPSA) is 84.4 Å². The van der Waals surface area contributed by atoms with Crippen molar-refractivity contribution in [3.63, 3.8) is 0 Å². The van der Waals surface area contributed by atoms with Crippen molar-refractivity contribution < 1.29 is 19.5 Å². The van der Waals surface area contributed by atoms with E-state index in [2.05, 4.69) is 47.8 Å². The predicted molar refractivity (Wildman–Crippen MR) is 189 cm³/mol. The molecule has 248 valence electrons. The van der Waals surface area contributed by atoms with E-state index in [0.717, 1.165) is 56.6 Å². The lowest BCUT2D eigenvalue weighted by Crippen LogP contribution is -2.56. The third-order valence-corrected chi connectivity index (χ3v) is 12.9. The highest BCUT2D eigenvalue weighted by Gasteiger charge is 2.76. The Morgan fingerprint density at radius 2 is 1.67 bits per heavy atom. The van der Waals surface area contributed by atoms with Crippen LogP contribution in [0, 0.1) is 11.8 Å². The number of benzene rings is 1. The van der Waals surface area contributed by atoms with Crippen LogP contribution in [0.2, 0.25) is 0 Å². The fourth-order valence-electron chi connectivity index (χ4n) is 7.64. The summed E-state index contributed by atoms with van der Waals surface area (Å²) in [7, 11) is 0. The van der Waals surface area contributed by atoms with Crippen molar-refractivity contribution >= 4 is 56.8 Å². The van der Waals surface area contributed by atoms with Gasteiger partial charge in [0.1, 0.15) is 6.04 Å². The van der Waals surface area contributed by atoms with Gasteiger partial charge < -0.3 is 24.7 Å². The molecule has 2 bridgehead atoms. The number of nitrogens with zero attached hydrogens (tertiary/aromatic N) is 4. The van der Waals surface area contributed by atoms with E-state index < -0.39 is 22.6 Å². The number of carbonyl (C=O) groups excluding carboxylic acids is 3. The molecule has 0 saturated carbocycles. The van der Waals surface area contributed by atoms with Crippen molar-refractivity contribution in [2.45, 2.75) is 80.2 Å². The second kappa shape index (κ2) is 16.0. The van der Waals surface area contributed by atoms with E-state index in [1.807, 2.05) is 36.1 Å². The van der Waals surface area contributed by atoms with E-state index in [1.165, 1.54) is 0 Å². The summed E-state index contributed by atoms with van der Waals surface area (Å²) >= 11 is 5.58. The number of halogens is 1. The molecule has 8 nitrogen and oxygen atoms in total. The van der Waals surface area contributed by atoms with Gasteiger partial charge in [0.05, 0.1) is 16.6 Å². The van der Waals surface area contributed by atoms with Crippen LogP contribution >= 0.6 is 27.7 Å². The zero-order valence-corrected chi connectivity index (χ0v) is 29.6. The van der Waals surface area contributed by atoms with E-state index in [4.69, 9.17) is 0 Å². The minimum atomic E-state index is -0.703. The molecule has 6 atom stereocenters. The molecular weight excluding hydrogens is 652 g/mol. The van der Waals surface area contributed by atoms with Gasteiger partial charge in [-0.3, -0.25) is 14.4 Å². The second-order valence-corrected chi connectivity index (χ2v) is 15.0. The van der Waals surface area contributed by atoms with Crippen LogP contribution in [0.25, 0.3) is 0 Å². The van der Waals surface area contributed by atoms with Crippen LogP contribution in [0.15, 0.2) is 49.6 Å². The average Bonchev–Trinajstić information content (AvgIpc) is 3.63. The molecule has 3 saturated heterocycles. The quantitative estimate of drug-likeness (QED) is 0.124. The van der Waals surface area contributed by atoms with Gasteiger partial charge >= 0.3 is 0 Å². The molecule has 3 aliphatic heterocycles. The molecule has 0 radical (unpaired) electrons. The van der Waals surface area contributed by atoms with Gasteiger partial charge in [-0.25, -0.2) is 0 Å². The number of aliphatic hydroxyl groups excluding tert-OH is 1. The van der Waals surface area contributed by atoms with E-state index in [1.54, 1.807) is 33.7 Å². The first kappa shape index (κ1) is 35.6. The van der Waals surface area contributed by atoms with Crippen LogP contribution in [0.4, 0.5) is 11.4 Å². The molecule has 4 rings (SSSR count). The molecule has 3 unspecified atom stereocenters. The maximum atomic E-state index is 14.9. The van der Waals surface area contributed by atoms with Gasteiger partial charge in [0.2, 0.25) is 11.8 Å². The second-order valence-electron chi connectivity index (χ2n) is 12.3. The Bertz CT molecular complexity index is 1210. The van der Waals surface area contributed by atoms with Gasteiger partial charge in [-0.1, -0.05) is 47.8 Å². The van der Waals surface area contributed by atoms with Crippen molar-refractivity contribution in [2.24, 2.45) is 11.8 Å². The number of hydrogen-bond donors (Lipinski definition) is 1. The third-order valence-electron chi connectivity index (χ3n) is 9.64. The molecule has 3 fully saturated rings. The zero-order valence-electron chi connectivity index (χ0n) is 27.2. The Labute approximate surface area is 282 Å². The third kappa shape index (κ3) is 6.89. The van der Waals surface area contributed by atoms with Gasteiger partial charge in [-0.05, 0) is 63.8 Å². The highest BCUT2D eigenvalue weighted by Crippen LogP contribution is 2.68. The van der Waals surface area contributed by atoms with Crippen LogP contribution < -0.4 is 9.80 Å². The smallest absolute Gasteiger partial charge is 0.251 e. The minimum absolute atomic E-state index is 0.00967.